The average Bonchev–Trinajstić information content (AvgIpc) is 2.77. The molecule has 1 aromatic heterocycles. The lowest BCUT2D eigenvalue weighted by Crippen LogP contribution is -2.14. The van der Waals surface area contributed by atoms with Gasteiger partial charge in [-0.3, -0.25) is 4.79 Å². The maximum Gasteiger partial charge on any atom is 0.344 e. The first kappa shape index (κ1) is 21.9. The van der Waals surface area contributed by atoms with Crippen LogP contribution in [0.2, 0.25) is 0 Å². The van der Waals surface area contributed by atoms with Crippen LogP contribution in [0.15, 0.2) is 57.9 Å². The van der Waals surface area contributed by atoms with E-state index < -0.39 is 11.9 Å². The Balaban J connectivity index is 1.75. The molecular weight excluding hydrogens is 404 g/mol. The number of fused-ring (bicyclic) bond motifs is 1. The van der Waals surface area contributed by atoms with Gasteiger partial charge >= 0.3 is 11.9 Å². The molecule has 0 aliphatic rings. The Kier molecular flexibility index (Phi) is 7.26. The molecular formula is C23H22O8. The molecule has 1 heterocycles. The van der Waals surface area contributed by atoms with Crippen LogP contribution in [0, 0.1) is 0 Å². The summed E-state index contributed by atoms with van der Waals surface area (Å²) in [5.74, 6) is -0.0636. The zero-order valence-corrected chi connectivity index (χ0v) is 17.2. The lowest BCUT2D eigenvalue weighted by Gasteiger charge is -2.08. The molecule has 0 bridgehead atoms. The molecule has 3 aromatic rings. The first-order chi connectivity index (χ1) is 15.0. The Morgan fingerprint density at radius 1 is 0.839 bits per heavy atom. The van der Waals surface area contributed by atoms with E-state index >= 15 is 0 Å². The lowest BCUT2D eigenvalue weighted by atomic mass is 10.1. The Hall–Kier alpha value is -3.81. The van der Waals surface area contributed by atoms with Gasteiger partial charge in [-0.05, 0) is 43.7 Å². The SMILES string of the molecule is CCOC(=O)COc1ccc(-c2coc3cc(OCC(=O)OCC)ccc3c2=O)cc1. The second-order valence-electron chi connectivity index (χ2n) is 6.35. The molecule has 0 N–H and O–H groups in total. The average molecular weight is 426 g/mol. The smallest absolute Gasteiger partial charge is 0.344 e. The van der Waals surface area contributed by atoms with Crippen LogP contribution in [0.4, 0.5) is 0 Å². The second-order valence-corrected chi connectivity index (χ2v) is 6.35. The Labute approximate surface area is 178 Å². The molecule has 0 amide bonds. The first-order valence-corrected chi connectivity index (χ1v) is 9.74. The minimum Gasteiger partial charge on any atom is -0.482 e. The number of rotatable bonds is 9. The quantitative estimate of drug-likeness (QED) is 0.480. The summed E-state index contributed by atoms with van der Waals surface area (Å²) in [4.78, 5) is 35.7. The summed E-state index contributed by atoms with van der Waals surface area (Å²) >= 11 is 0. The fraction of sp³-hybridized carbons (Fsp3) is 0.261. The van der Waals surface area contributed by atoms with Crippen molar-refractivity contribution in [1.82, 2.24) is 0 Å². The third kappa shape index (κ3) is 5.63. The van der Waals surface area contributed by atoms with Crippen LogP contribution >= 0.6 is 0 Å². The molecule has 0 unspecified atom stereocenters. The van der Waals surface area contributed by atoms with Crippen molar-refractivity contribution < 1.29 is 33.0 Å². The minimum atomic E-state index is -0.478. The maximum atomic E-state index is 12.9. The summed E-state index contributed by atoms with van der Waals surface area (Å²) in [5, 5.41) is 0.378. The minimum absolute atomic E-state index is 0.189. The summed E-state index contributed by atoms with van der Waals surface area (Å²) < 4.78 is 26.0. The van der Waals surface area contributed by atoms with E-state index in [1.807, 2.05) is 0 Å². The van der Waals surface area contributed by atoms with Gasteiger partial charge < -0.3 is 23.4 Å². The number of carbonyl (C=O) groups excluding carboxylic acids is 2. The van der Waals surface area contributed by atoms with Crippen LogP contribution in [-0.2, 0) is 19.1 Å². The number of benzene rings is 2. The van der Waals surface area contributed by atoms with Crippen molar-refractivity contribution in [1.29, 1.82) is 0 Å². The van der Waals surface area contributed by atoms with Crippen molar-refractivity contribution in [2.24, 2.45) is 0 Å². The molecule has 8 nitrogen and oxygen atoms in total. The van der Waals surface area contributed by atoms with E-state index in [0.717, 1.165) is 0 Å². The van der Waals surface area contributed by atoms with Crippen LogP contribution in [0.5, 0.6) is 11.5 Å². The molecule has 0 radical (unpaired) electrons. The predicted octanol–water partition coefficient (Wildman–Crippen LogP) is 3.34. The lowest BCUT2D eigenvalue weighted by molar-refractivity contribution is -0.146. The second kappa shape index (κ2) is 10.3. The normalized spacial score (nSPS) is 10.5. The highest BCUT2D eigenvalue weighted by Crippen LogP contribution is 2.24. The van der Waals surface area contributed by atoms with Gasteiger partial charge in [0.1, 0.15) is 23.3 Å². The Morgan fingerprint density at radius 3 is 2.03 bits per heavy atom. The van der Waals surface area contributed by atoms with E-state index in [9.17, 15) is 14.4 Å². The number of carbonyl (C=O) groups is 2. The molecule has 0 aliphatic carbocycles. The summed E-state index contributed by atoms with van der Waals surface area (Å²) in [6, 6.07) is 11.4. The van der Waals surface area contributed by atoms with E-state index in [1.165, 1.54) is 6.26 Å². The van der Waals surface area contributed by atoms with Gasteiger partial charge in [-0.25, -0.2) is 9.59 Å². The van der Waals surface area contributed by atoms with Gasteiger partial charge in [0.15, 0.2) is 18.6 Å². The summed E-state index contributed by atoms with van der Waals surface area (Å²) in [7, 11) is 0. The van der Waals surface area contributed by atoms with Gasteiger partial charge in [0, 0.05) is 6.07 Å². The van der Waals surface area contributed by atoms with Crippen LogP contribution in [0.3, 0.4) is 0 Å². The predicted molar refractivity (Wildman–Crippen MR) is 112 cm³/mol. The molecule has 3 rings (SSSR count). The van der Waals surface area contributed by atoms with Crippen molar-refractivity contribution in [3.63, 3.8) is 0 Å². The van der Waals surface area contributed by atoms with Crippen molar-refractivity contribution >= 4 is 22.9 Å². The van der Waals surface area contributed by atoms with E-state index in [-0.39, 0.29) is 31.9 Å². The van der Waals surface area contributed by atoms with Gasteiger partial charge in [-0.1, -0.05) is 12.1 Å². The third-order valence-corrected chi connectivity index (χ3v) is 4.24. The zero-order valence-electron chi connectivity index (χ0n) is 17.2. The van der Waals surface area contributed by atoms with Crippen LogP contribution < -0.4 is 14.9 Å². The van der Waals surface area contributed by atoms with Crippen LogP contribution in [0.1, 0.15) is 13.8 Å². The monoisotopic (exact) mass is 426 g/mol. The molecule has 0 atom stereocenters. The molecule has 8 heteroatoms. The highest BCUT2D eigenvalue weighted by atomic mass is 16.6. The number of hydrogen-bond acceptors (Lipinski definition) is 8. The fourth-order valence-corrected chi connectivity index (χ4v) is 2.82. The highest BCUT2D eigenvalue weighted by Gasteiger charge is 2.12. The molecule has 0 saturated heterocycles. The highest BCUT2D eigenvalue weighted by molar-refractivity contribution is 5.83. The van der Waals surface area contributed by atoms with Gasteiger partial charge in [-0.15, -0.1) is 0 Å². The summed E-state index contributed by atoms with van der Waals surface area (Å²) in [5.41, 5.74) is 1.15. The van der Waals surface area contributed by atoms with Crippen LogP contribution in [0.25, 0.3) is 22.1 Å². The van der Waals surface area contributed by atoms with Crippen molar-refractivity contribution in [2.45, 2.75) is 13.8 Å². The molecule has 0 aliphatic heterocycles. The number of ether oxygens (including phenoxy) is 4. The zero-order chi connectivity index (χ0) is 22.2. The van der Waals surface area contributed by atoms with Gasteiger partial charge in [-0.2, -0.15) is 0 Å². The Morgan fingerprint density at radius 2 is 1.42 bits per heavy atom. The third-order valence-electron chi connectivity index (χ3n) is 4.24. The van der Waals surface area contributed by atoms with Crippen molar-refractivity contribution in [3.8, 4) is 22.6 Å². The fourth-order valence-electron chi connectivity index (χ4n) is 2.82. The van der Waals surface area contributed by atoms with Gasteiger partial charge in [0.2, 0.25) is 0 Å². The molecule has 2 aromatic carbocycles. The van der Waals surface area contributed by atoms with Gasteiger partial charge in [0.05, 0.1) is 24.2 Å². The maximum absolute atomic E-state index is 12.9. The molecule has 31 heavy (non-hydrogen) atoms. The van der Waals surface area contributed by atoms with Crippen LogP contribution in [-0.4, -0.2) is 38.4 Å². The largest absolute Gasteiger partial charge is 0.482 e. The molecule has 162 valence electrons. The van der Waals surface area contributed by atoms with E-state index in [4.69, 9.17) is 23.4 Å². The van der Waals surface area contributed by atoms with E-state index in [0.29, 0.717) is 33.6 Å². The topological polar surface area (TPSA) is 101 Å². The van der Waals surface area contributed by atoms with Crippen molar-refractivity contribution in [2.75, 3.05) is 26.4 Å². The molecule has 0 saturated carbocycles. The Bertz CT molecular complexity index is 1110. The van der Waals surface area contributed by atoms with E-state index in [2.05, 4.69) is 0 Å². The van der Waals surface area contributed by atoms with Gasteiger partial charge in [0.25, 0.3) is 0 Å². The van der Waals surface area contributed by atoms with Crippen molar-refractivity contribution in [3.05, 3.63) is 59.0 Å². The molecule has 0 fully saturated rings. The summed E-state index contributed by atoms with van der Waals surface area (Å²) in [6.45, 7) is 3.58. The van der Waals surface area contributed by atoms with E-state index in [1.54, 1.807) is 56.3 Å². The standard InChI is InChI=1S/C23H22O8/c1-3-27-21(24)13-29-16-7-5-15(6-8-16)19-12-31-20-11-17(9-10-18(20)23(19)26)30-14-22(25)28-4-2/h5-12H,3-4,13-14H2,1-2H3. The summed E-state index contributed by atoms with van der Waals surface area (Å²) in [6.07, 6.45) is 1.37. The number of esters is 2. The first-order valence-electron chi connectivity index (χ1n) is 9.74. The number of hydrogen-bond donors (Lipinski definition) is 0. The molecule has 0 spiro atoms.